The van der Waals surface area contributed by atoms with Crippen molar-refractivity contribution in [3.8, 4) is 11.1 Å². The van der Waals surface area contributed by atoms with Gasteiger partial charge in [-0.25, -0.2) is 22.5 Å². The number of para-hydroxylation sites is 1. The van der Waals surface area contributed by atoms with Crippen molar-refractivity contribution in [2.24, 2.45) is 5.73 Å². The fourth-order valence-corrected chi connectivity index (χ4v) is 4.91. The summed E-state index contributed by atoms with van der Waals surface area (Å²) < 4.78 is 43.8. The number of fused-ring (bicyclic) bond motifs is 1. The number of halogens is 1. The number of nitrogens with two attached hydrogens (primary N) is 1. The lowest BCUT2D eigenvalue weighted by molar-refractivity contribution is 0.491. The number of benzene rings is 2. The number of nitrogens with one attached hydrogen (secondary N) is 1. The lowest BCUT2D eigenvalue weighted by Crippen LogP contribution is -2.40. The normalized spacial score (nSPS) is 13.2. The van der Waals surface area contributed by atoms with Crippen molar-refractivity contribution in [1.29, 1.82) is 0 Å². The van der Waals surface area contributed by atoms with E-state index in [1.54, 1.807) is 45.0 Å². The van der Waals surface area contributed by atoms with E-state index in [-0.39, 0.29) is 23.8 Å². The molecule has 1 aromatic heterocycles. The van der Waals surface area contributed by atoms with Crippen LogP contribution in [0, 0.1) is 0 Å². The molecule has 0 aliphatic rings. The SMILES string of the molecule is CCc1nc2c(-c3ccc(S(=O)(=O)NC(C)(C)C)cc3)cccc2n1C/C(F)=C/CN. The molecule has 3 N–H and O–H groups in total. The van der Waals surface area contributed by atoms with Gasteiger partial charge in [0.15, 0.2) is 0 Å². The number of hydrogen-bond acceptors (Lipinski definition) is 4. The van der Waals surface area contributed by atoms with Crippen LogP contribution < -0.4 is 10.5 Å². The van der Waals surface area contributed by atoms with Crippen LogP contribution in [0.4, 0.5) is 4.39 Å². The Balaban J connectivity index is 2.04. The highest BCUT2D eigenvalue weighted by atomic mass is 32.2. The van der Waals surface area contributed by atoms with Crippen molar-refractivity contribution in [1.82, 2.24) is 14.3 Å². The van der Waals surface area contributed by atoms with Crippen molar-refractivity contribution in [2.75, 3.05) is 6.54 Å². The predicted molar refractivity (Wildman–Crippen MR) is 123 cm³/mol. The fourth-order valence-electron chi connectivity index (χ4n) is 3.49. The van der Waals surface area contributed by atoms with Gasteiger partial charge in [-0.05, 0) is 50.6 Å². The summed E-state index contributed by atoms with van der Waals surface area (Å²) >= 11 is 0. The second-order valence-corrected chi connectivity index (χ2v) is 10.1. The summed E-state index contributed by atoms with van der Waals surface area (Å²) in [5.41, 5.74) is 8.14. The monoisotopic (exact) mass is 444 g/mol. The zero-order valence-corrected chi connectivity index (χ0v) is 19.1. The summed E-state index contributed by atoms with van der Waals surface area (Å²) in [6, 6.07) is 12.4. The predicted octanol–water partition coefficient (Wildman–Crippen LogP) is 4.15. The van der Waals surface area contributed by atoms with Crippen LogP contribution in [-0.2, 0) is 23.0 Å². The van der Waals surface area contributed by atoms with Gasteiger partial charge in [0.05, 0.1) is 22.5 Å². The Bertz CT molecular complexity index is 1210. The van der Waals surface area contributed by atoms with Gasteiger partial charge >= 0.3 is 0 Å². The number of imidazole rings is 1. The summed E-state index contributed by atoms with van der Waals surface area (Å²) in [5.74, 6) is 0.472. The van der Waals surface area contributed by atoms with E-state index in [2.05, 4.69) is 4.72 Å². The third-order valence-corrected chi connectivity index (χ3v) is 6.51. The van der Waals surface area contributed by atoms with Gasteiger partial charge in [0.25, 0.3) is 0 Å². The highest BCUT2D eigenvalue weighted by Crippen LogP contribution is 2.30. The number of rotatable bonds is 7. The van der Waals surface area contributed by atoms with E-state index < -0.39 is 15.6 Å². The highest BCUT2D eigenvalue weighted by molar-refractivity contribution is 7.89. The maximum atomic E-state index is 14.2. The van der Waals surface area contributed by atoms with E-state index in [0.717, 1.165) is 28.0 Å². The van der Waals surface area contributed by atoms with Crippen LogP contribution in [-0.4, -0.2) is 30.1 Å². The molecule has 2 aromatic carbocycles. The molecule has 0 saturated heterocycles. The molecule has 0 aliphatic carbocycles. The molecule has 0 spiro atoms. The van der Waals surface area contributed by atoms with Gasteiger partial charge in [-0.2, -0.15) is 0 Å². The Morgan fingerprint density at radius 2 is 1.87 bits per heavy atom. The topological polar surface area (TPSA) is 90.0 Å². The lowest BCUT2D eigenvalue weighted by Gasteiger charge is -2.20. The summed E-state index contributed by atoms with van der Waals surface area (Å²) in [7, 11) is -3.61. The first-order chi connectivity index (χ1) is 14.6. The van der Waals surface area contributed by atoms with Crippen molar-refractivity contribution >= 4 is 21.1 Å². The van der Waals surface area contributed by atoms with Gasteiger partial charge in [-0.15, -0.1) is 0 Å². The fraction of sp³-hybridized carbons (Fsp3) is 0.348. The minimum absolute atomic E-state index is 0.0793. The Labute approximate surface area is 183 Å². The molecule has 31 heavy (non-hydrogen) atoms. The maximum Gasteiger partial charge on any atom is 0.241 e. The van der Waals surface area contributed by atoms with E-state index in [0.29, 0.717) is 6.42 Å². The van der Waals surface area contributed by atoms with E-state index in [1.807, 2.05) is 29.7 Å². The average Bonchev–Trinajstić information content (AvgIpc) is 3.04. The second kappa shape index (κ2) is 8.90. The minimum atomic E-state index is -3.61. The van der Waals surface area contributed by atoms with Gasteiger partial charge < -0.3 is 10.3 Å². The number of nitrogens with zero attached hydrogens (tertiary/aromatic N) is 2. The first-order valence-corrected chi connectivity index (χ1v) is 11.7. The van der Waals surface area contributed by atoms with Crippen LogP contribution in [0.5, 0.6) is 0 Å². The van der Waals surface area contributed by atoms with Crippen LogP contribution in [0.2, 0.25) is 0 Å². The first kappa shape index (κ1) is 23.1. The van der Waals surface area contributed by atoms with Gasteiger partial charge in [0.1, 0.15) is 11.7 Å². The molecule has 0 amide bonds. The average molecular weight is 445 g/mol. The summed E-state index contributed by atoms with van der Waals surface area (Å²) in [5, 5.41) is 0. The molecule has 0 radical (unpaired) electrons. The molecule has 0 bridgehead atoms. The molecule has 166 valence electrons. The third kappa shape index (κ3) is 5.20. The molecule has 1 heterocycles. The molecule has 0 aliphatic heterocycles. The highest BCUT2D eigenvalue weighted by Gasteiger charge is 2.22. The zero-order chi connectivity index (χ0) is 22.8. The van der Waals surface area contributed by atoms with E-state index >= 15 is 0 Å². The van der Waals surface area contributed by atoms with Gasteiger partial charge in [-0.1, -0.05) is 31.2 Å². The third-order valence-electron chi connectivity index (χ3n) is 4.74. The molecule has 0 saturated carbocycles. The number of aryl methyl sites for hydroxylation is 1. The first-order valence-electron chi connectivity index (χ1n) is 10.2. The Kier molecular flexibility index (Phi) is 6.64. The van der Waals surface area contributed by atoms with Crippen LogP contribution in [0.3, 0.4) is 0 Å². The Morgan fingerprint density at radius 1 is 1.19 bits per heavy atom. The lowest BCUT2D eigenvalue weighted by atomic mass is 10.0. The van der Waals surface area contributed by atoms with Gasteiger partial charge in [0, 0.05) is 24.1 Å². The van der Waals surface area contributed by atoms with Gasteiger partial charge in [0.2, 0.25) is 10.0 Å². The molecule has 3 aromatic rings. The van der Waals surface area contributed by atoms with E-state index in [9.17, 15) is 12.8 Å². The standard InChI is InChI=1S/C23H29FN4O2S/c1-5-21-26-22-19(7-6-8-20(22)28(21)15-17(24)13-14-25)16-9-11-18(12-10-16)31(29,30)27-23(2,3)4/h6-13,27H,5,14-15,25H2,1-4H3/b17-13-. The quantitative estimate of drug-likeness (QED) is 0.573. The maximum absolute atomic E-state index is 14.2. The molecule has 0 unspecified atom stereocenters. The number of aromatic nitrogens is 2. The van der Waals surface area contributed by atoms with E-state index in [4.69, 9.17) is 10.7 Å². The number of sulfonamides is 1. The number of allylic oxidation sites excluding steroid dienone is 1. The van der Waals surface area contributed by atoms with Gasteiger partial charge in [-0.3, -0.25) is 0 Å². The largest absolute Gasteiger partial charge is 0.327 e. The van der Waals surface area contributed by atoms with Crippen molar-refractivity contribution in [3.05, 3.63) is 60.2 Å². The molecule has 0 fully saturated rings. The summed E-state index contributed by atoms with van der Waals surface area (Å²) in [6.07, 6.45) is 2.01. The Hall–Kier alpha value is -2.55. The summed E-state index contributed by atoms with van der Waals surface area (Å²) in [4.78, 5) is 4.95. The van der Waals surface area contributed by atoms with Crippen molar-refractivity contribution < 1.29 is 12.8 Å². The van der Waals surface area contributed by atoms with Crippen LogP contribution in [0.25, 0.3) is 22.2 Å². The smallest absolute Gasteiger partial charge is 0.241 e. The minimum Gasteiger partial charge on any atom is -0.327 e. The molecular formula is C23H29FN4O2S. The van der Waals surface area contributed by atoms with Crippen LogP contribution in [0.1, 0.15) is 33.5 Å². The number of hydrogen-bond donors (Lipinski definition) is 2. The van der Waals surface area contributed by atoms with E-state index in [1.165, 1.54) is 6.08 Å². The van der Waals surface area contributed by atoms with Crippen LogP contribution >= 0.6 is 0 Å². The molecule has 3 rings (SSSR count). The zero-order valence-electron chi connectivity index (χ0n) is 18.3. The second-order valence-electron chi connectivity index (χ2n) is 8.41. The summed E-state index contributed by atoms with van der Waals surface area (Å²) in [6.45, 7) is 7.59. The van der Waals surface area contributed by atoms with Crippen molar-refractivity contribution in [2.45, 2.75) is 51.1 Å². The van der Waals surface area contributed by atoms with Crippen LogP contribution in [0.15, 0.2) is 59.3 Å². The Morgan fingerprint density at radius 3 is 2.45 bits per heavy atom. The molecular weight excluding hydrogens is 415 g/mol. The molecule has 0 atom stereocenters. The molecule has 6 nitrogen and oxygen atoms in total. The van der Waals surface area contributed by atoms with Crippen molar-refractivity contribution in [3.63, 3.8) is 0 Å². The molecule has 8 heteroatoms.